The number of rotatable bonds is 10. The molecule has 0 aliphatic rings. The number of hydrogen-bond donors (Lipinski definition) is 4. The third-order valence-electron chi connectivity index (χ3n) is 4.18. The number of guanidine groups is 1. The molecule has 1 unspecified atom stereocenters. The lowest BCUT2D eigenvalue weighted by Crippen LogP contribution is -2.50. The lowest BCUT2D eigenvalue weighted by atomic mass is 10.1. The highest BCUT2D eigenvalue weighted by atomic mass is 19.1. The Bertz CT molecular complexity index is 734. The van der Waals surface area contributed by atoms with Crippen molar-refractivity contribution in [3.05, 3.63) is 35.6 Å². The van der Waals surface area contributed by atoms with Crippen LogP contribution in [0.2, 0.25) is 0 Å². The van der Waals surface area contributed by atoms with Crippen molar-refractivity contribution in [3.8, 4) is 0 Å². The minimum absolute atomic E-state index is 0.0119. The Balaban J connectivity index is 2.47. The van der Waals surface area contributed by atoms with E-state index in [0.29, 0.717) is 25.6 Å². The first-order chi connectivity index (χ1) is 14.7. The highest BCUT2D eigenvalue weighted by Crippen LogP contribution is 2.07. The monoisotopic (exact) mass is 437 g/mol. The van der Waals surface area contributed by atoms with Crippen LogP contribution in [0.25, 0.3) is 0 Å². The van der Waals surface area contributed by atoms with E-state index in [1.54, 1.807) is 13.1 Å². The van der Waals surface area contributed by atoms with E-state index in [-0.39, 0.29) is 11.6 Å². The van der Waals surface area contributed by atoms with E-state index in [1.165, 1.54) is 18.2 Å². The number of halogens is 1. The van der Waals surface area contributed by atoms with Gasteiger partial charge in [-0.05, 0) is 39.3 Å². The molecule has 1 atom stereocenters. The van der Waals surface area contributed by atoms with Crippen LogP contribution in [0.3, 0.4) is 0 Å². The SMILES string of the molecule is CCCCC(CNC(=O)OC(C)(C)C)NC(=NC)NCCNC(=O)c1ccccc1F. The summed E-state index contributed by atoms with van der Waals surface area (Å²) >= 11 is 0. The van der Waals surface area contributed by atoms with E-state index >= 15 is 0 Å². The number of alkyl carbamates (subject to hydrolysis) is 1. The Labute approximate surface area is 184 Å². The smallest absolute Gasteiger partial charge is 0.407 e. The summed E-state index contributed by atoms with van der Waals surface area (Å²) in [5.41, 5.74) is -0.543. The van der Waals surface area contributed by atoms with Crippen molar-refractivity contribution in [2.45, 2.75) is 58.6 Å². The summed E-state index contributed by atoms with van der Waals surface area (Å²) in [4.78, 5) is 28.2. The third kappa shape index (κ3) is 11.2. The van der Waals surface area contributed by atoms with Gasteiger partial charge in [-0.15, -0.1) is 0 Å². The number of benzene rings is 1. The van der Waals surface area contributed by atoms with Gasteiger partial charge >= 0.3 is 6.09 Å². The molecule has 174 valence electrons. The van der Waals surface area contributed by atoms with E-state index in [0.717, 1.165) is 19.3 Å². The van der Waals surface area contributed by atoms with Gasteiger partial charge in [-0.2, -0.15) is 0 Å². The second-order valence-corrected chi connectivity index (χ2v) is 8.10. The van der Waals surface area contributed by atoms with E-state index in [2.05, 4.69) is 33.2 Å². The van der Waals surface area contributed by atoms with Gasteiger partial charge in [-0.3, -0.25) is 9.79 Å². The quantitative estimate of drug-likeness (QED) is 0.256. The number of aliphatic imine (C=N–C) groups is 1. The molecule has 0 aromatic heterocycles. The summed E-state index contributed by atoms with van der Waals surface area (Å²) in [5, 5.41) is 11.8. The van der Waals surface area contributed by atoms with Gasteiger partial charge in [0.1, 0.15) is 11.4 Å². The first-order valence-electron chi connectivity index (χ1n) is 10.6. The van der Waals surface area contributed by atoms with Crippen molar-refractivity contribution < 1.29 is 18.7 Å². The molecule has 31 heavy (non-hydrogen) atoms. The molecule has 8 nitrogen and oxygen atoms in total. The van der Waals surface area contributed by atoms with Crippen molar-refractivity contribution in [1.29, 1.82) is 0 Å². The molecule has 2 amide bonds. The summed E-state index contributed by atoms with van der Waals surface area (Å²) in [6, 6.07) is 5.81. The second kappa shape index (κ2) is 13.5. The minimum atomic E-state index is -0.554. The zero-order valence-corrected chi connectivity index (χ0v) is 19.2. The molecule has 1 aromatic carbocycles. The maximum atomic E-state index is 13.7. The molecule has 0 heterocycles. The number of unbranched alkanes of at least 4 members (excludes halogenated alkanes) is 1. The first-order valence-corrected chi connectivity index (χ1v) is 10.6. The van der Waals surface area contributed by atoms with Crippen molar-refractivity contribution in [3.63, 3.8) is 0 Å². The van der Waals surface area contributed by atoms with Crippen LogP contribution in [-0.4, -0.2) is 56.3 Å². The molecule has 9 heteroatoms. The number of hydrogen-bond acceptors (Lipinski definition) is 4. The Morgan fingerprint density at radius 1 is 1.13 bits per heavy atom. The van der Waals surface area contributed by atoms with E-state index < -0.39 is 23.4 Å². The van der Waals surface area contributed by atoms with Gasteiger partial charge in [0.25, 0.3) is 5.91 Å². The summed E-state index contributed by atoms with van der Waals surface area (Å²) in [5.74, 6) is -0.473. The zero-order chi connectivity index (χ0) is 23.3. The largest absolute Gasteiger partial charge is 0.444 e. The number of amides is 2. The third-order valence-corrected chi connectivity index (χ3v) is 4.18. The van der Waals surface area contributed by atoms with Crippen LogP contribution in [0, 0.1) is 5.82 Å². The van der Waals surface area contributed by atoms with E-state index in [1.807, 2.05) is 20.8 Å². The molecule has 0 saturated carbocycles. The van der Waals surface area contributed by atoms with Gasteiger partial charge in [-0.1, -0.05) is 31.9 Å². The lowest BCUT2D eigenvalue weighted by molar-refractivity contribution is 0.0522. The Kier molecular flexibility index (Phi) is 11.4. The highest BCUT2D eigenvalue weighted by Gasteiger charge is 2.18. The Hall–Kier alpha value is -2.84. The average Bonchev–Trinajstić information content (AvgIpc) is 2.70. The Morgan fingerprint density at radius 3 is 2.42 bits per heavy atom. The maximum Gasteiger partial charge on any atom is 0.407 e. The fraction of sp³-hybridized carbons (Fsp3) is 0.591. The first kappa shape index (κ1) is 26.2. The normalized spacial score (nSPS) is 12.6. The van der Waals surface area contributed by atoms with Gasteiger partial charge in [0.2, 0.25) is 0 Å². The summed E-state index contributed by atoms with van der Waals surface area (Å²) in [6.45, 7) is 8.63. The molecule has 1 aromatic rings. The number of carbonyl (C=O) groups excluding carboxylic acids is 2. The molecular weight excluding hydrogens is 401 g/mol. The predicted molar refractivity (Wildman–Crippen MR) is 121 cm³/mol. The number of carbonyl (C=O) groups is 2. The molecule has 0 spiro atoms. The predicted octanol–water partition coefficient (Wildman–Crippen LogP) is 2.80. The number of nitrogens with one attached hydrogen (secondary N) is 4. The minimum Gasteiger partial charge on any atom is -0.444 e. The van der Waals surface area contributed by atoms with Gasteiger partial charge in [0.05, 0.1) is 5.56 Å². The van der Waals surface area contributed by atoms with Gasteiger partial charge < -0.3 is 26.0 Å². The fourth-order valence-corrected chi connectivity index (χ4v) is 2.68. The van der Waals surface area contributed by atoms with E-state index in [4.69, 9.17) is 4.74 Å². The van der Waals surface area contributed by atoms with Crippen LogP contribution in [-0.2, 0) is 4.74 Å². The van der Waals surface area contributed by atoms with Crippen molar-refractivity contribution in [2.24, 2.45) is 4.99 Å². The molecule has 0 radical (unpaired) electrons. The van der Waals surface area contributed by atoms with Gasteiger partial charge in [0.15, 0.2) is 5.96 Å². The van der Waals surface area contributed by atoms with Crippen LogP contribution in [0.4, 0.5) is 9.18 Å². The van der Waals surface area contributed by atoms with Gasteiger partial charge in [0, 0.05) is 32.7 Å². The molecule has 0 aliphatic heterocycles. The van der Waals surface area contributed by atoms with Crippen LogP contribution in [0.15, 0.2) is 29.3 Å². The molecule has 4 N–H and O–H groups in total. The average molecular weight is 438 g/mol. The molecule has 0 bridgehead atoms. The standard InChI is InChI=1S/C22H36FN5O3/c1-6-7-10-16(15-27-21(30)31-22(2,3)4)28-20(24-5)26-14-13-25-19(29)17-11-8-9-12-18(17)23/h8-9,11-12,16H,6-7,10,13-15H2,1-5H3,(H,25,29)(H,27,30)(H2,24,26,28). The second-order valence-electron chi connectivity index (χ2n) is 8.10. The summed E-state index contributed by atoms with van der Waals surface area (Å²) in [6.07, 6.45) is 2.40. The van der Waals surface area contributed by atoms with Crippen LogP contribution in [0.5, 0.6) is 0 Å². The van der Waals surface area contributed by atoms with Crippen LogP contribution >= 0.6 is 0 Å². The Morgan fingerprint density at radius 2 is 1.81 bits per heavy atom. The highest BCUT2D eigenvalue weighted by molar-refractivity contribution is 5.94. The fourth-order valence-electron chi connectivity index (χ4n) is 2.68. The molecule has 0 fully saturated rings. The lowest BCUT2D eigenvalue weighted by Gasteiger charge is -2.24. The molecule has 1 rings (SSSR count). The van der Waals surface area contributed by atoms with Crippen LogP contribution < -0.4 is 21.3 Å². The maximum absolute atomic E-state index is 13.7. The zero-order valence-electron chi connectivity index (χ0n) is 19.2. The summed E-state index contributed by atoms with van der Waals surface area (Å²) < 4.78 is 18.9. The van der Waals surface area contributed by atoms with E-state index in [9.17, 15) is 14.0 Å². The van der Waals surface area contributed by atoms with Crippen molar-refractivity contribution in [1.82, 2.24) is 21.3 Å². The summed E-state index contributed by atoms with van der Waals surface area (Å²) in [7, 11) is 1.64. The molecule has 0 aliphatic carbocycles. The van der Waals surface area contributed by atoms with Crippen molar-refractivity contribution in [2.75, 3.05) is 26.7 Å². The van der Waals surface area contributed by atoms with Crippen LogP contribution in [0.1, 0.15) is 57.3 Å². The van der Waals surface area contributed by atoms with Crippen molar-refractivity contribution >= 4 is 18.0 Å². The number of nitrogens with zero attached hydrogens (tertiary/aromatic N) is 1. The van der Waals surface area contributed by atoms with Gasteiger partial charge in [-0.25, -0.2) is 9.18 Å². The molecule has 0 saturated heterocycles. The topological polar surface area (TPSA) is 104 Å². The molecular formula is C22H36FN5O3. The number of ether oxygens (including phenoxy) is 1.